The Morgan fingerprint density at radius 2 is 2.03 bits per heavy atom. The Labute approximate surface area is 197 Å². The van der Waals surface area contributed by atoms with Crippen molar-refractivity contribution in [3.8, 4) is 0 Å². The molecule has 1 atom stereocenters. The lowest BCUT2D eigenvalue weighted by atomic mass is 9.91. The summed E-state index contributed by atoms with van der Waals surface area (Å²) in [5.74, 6) is 0.572. The minimum Gasteiger partial charge on any atom is -0.449 e. The average molecular weight is 467 g/mol. The van der Waals surface area contributed by atoms with Crippen molar-refractivity contribution in [2.45, 2.75) is 32.7 Å². The van der Waals surface area contributed by atoms with Crippen LogP contribution in [-0.4, -0.2) is 41.5 Å². The highest BCUT2D eigenvalue weighted by molar-refractivity contribution is 6.31. The van der Waals surface area contributed by atoms with Gasteiger partial charge in [0.15, 0.2) is 11.3 Å². The van der Waals surface area contributed by atoms with E-state index in [1.54, 1.807) is 18.5 Å². The van der Waals surface area contributed by atoms with Crippen molar-refractivity contribution in [3.63, 3.8) is 0 Å². The zero-order valence-corrected chi connectivity index (χ0v) is 19.3. The number of urea groups is 1. The Kier molecular flexibility index (Phi) is 5.74. The van der Waals surface area contributed by atoms with Crippen LogP contribution in [0.1, 0.15) is 40.9 Å². The number of hydrogen-bond donors (Lipinski definition) is 2. The molecule has 1 aliphatic carbocycles. The first-order chi connectivity index (χ1) is 15.9. The van der Waals surface area contributed by atoms with Gasteiger partial charge >= 0.3 is 6.03 Å². The van der Waals surface area contributed by atoms with Crippen LogP contribution in [0.3, 0.4) is 0 Å². The van der Waals surface area contributed by atoms with Gasteiger partial charge in [-0.3, -0.25) is 9.78 Å². The molecule has 3 heterocycles. The molecule has 0 radical (unpaired) electrons. The van der Waals surface area contributed by atoms with Crippen molar-refractivity contribution in [2.75, 3.05) is 19.6 Å². The van der Waals surface area contributed by atoms with Crippen molar-refractivity contribution in [1.29, 1.82) is 0 Å². The summed E-state index contributed by atoms with van der Waals surface area (Å²) in [4.78, 5) is 31.0. The second-order valence-corrected chi connectivity index (χ2v) is 9.63. The maximum atomic E-state index is 12.6. The SMILES string of the molecule is Cc1ccc(CNC(=O)N2CCC3(CC2)CC3CNC(=O)c2cc3ccncc3o2)cc1Cl. The fourth-order valence-corrected chi connectivity index (χ4v) is 5.03. The Balaban J connectivity index is 1.07. The van der Waals surface area contributed by atoms with E-state index in [1.807, 2.05) is 36.1 Å². The quantitative estimate of drug-likeness (QED) is 0.578. The van der Waals surface area contributed by atoms with Gasteiger partial charge in [0.1, 0.15) is 0 Å². The number of nitrogens with one attached hydrogen (secondary N) is 2. The molecule has 2 N–H and O–H groups in total. The van der Waals surface area contributed by atoms with Gasteiger partial charge in [-0.25, -0.2) is 4.79 Å². The number of rotatable bonds is 5. The van der Waals surface area contributed by atoms with Gasteiger partial charge in [-0.05, 0) is 66.8 Å². The number of piperidine rings is 1. The third-order valence-corrected chi connectivity index (χ3v) is 7.55. The van der Waals surface area contributed by atoms with Crippen molar-refractivity contribution in [2.24, 2.45) is 11.3 Å². The summed E-state index contributed by atoms with van der Waals surface area (Å²) in [6.07, 6.45) is 6.32. The van der Waals surface area contributed by atoms with Crippen LogP contribution in [0, 0.1) is 18.3 Å². The van der Waals surface area contributed by atoms with Crippen LogP contribution in [0.25, 0.3) is 11.0 Å². The highest BCUT2D eigenvalue weighted by Crippen LogP contribution is 2.59. The first-order valence-electron chi connectivity index (χ1n) is 11.3. The summed E-state index contributed by atoms with van der Waals surface area (Å²) in [6, 6.07) is 9.38. The number of likely N-dealkylation sites (tertiary alicyclic amines) is 1. The zero-order valence-electron chi connectivity index (χ0n) is 18.6. The first-order valence-corrected chi connectivity index (χ1v) is 11.7. The van der Waals surface area contributed by atoms with E-state index in [-0.39, 0.29) is 17.4 Å². The van der Waals surface area contributed by atoms with E-state index in [2.05, 4.69) is 15.6 Å². The molecule has 7 nitrogen and oxygen atoms in total. The predicted octanol–water partition coefficient (Wildman–Crippen LogP) is 4.53. The molecular formula is C25H27ClN4O3. The van der Waals surface area contributed by atoms with Crippen LogP contribution in [0.5, 0.6) is 0 Å². The van der Waals surface area contributed by atoms with Gasteiger partial charge in [0, 0.05) is 42.8 Å². The van der Waals surface area contributed by atoms with E-state index < -0.39 is 0 Å². The molecule has 3 aromatic rings. The molecule has 1 aromatic carbocycles. The largest absolute Gasteiger partial charge is 0.449 e. The molecule has 33 heavy (non-hydrogen) atoms. The normalized spacial score (nSPS) is 19.0. The molecule has 172 valence electrons. The molecule has 2 aliphatic rings. The smallest absolute Gasteiger partial charge is 0.317 e. The van der Waals surface area contributed by atoms with Gasteiger partial charge in [0.25, 0.3) is 5.91 Å². The van der Waals surface area contributed by atoms with Gasteiger partial charge in [-0.1, -0.05) is 23.7 Å². The summed E-state index contributed by atoms with van der Waals surface area (Å²) in [7, 11) is 0. The van der Waals surface area contributed by atoms with E-state index in [0.29, 0.717) is 35.4 Å². The van der Waals surface area contributed by atoms with Crippen molar-refractivity contribution < 1.29 is 14.0 Å². The third kappa shape index (κ3) is 4.55. The molecule has 3 amide bonds. The number of carbonyl (C=O) groups is 2. The summed E-state index contributed by atoms with van der Waals surface area (Å²) in [5.41, 5.74) is 2.87. The molecule has 1 aliphatic heterocycles. The van der Waals surface area contributed by atoms with E-state index in [0.717, 1.165) is 48.9 Å². The third-order valence-electron chi connectivity index (χ3n) is 7.14. The number of aromatic nitrogens is 1. The Morgan fingerprint density at radius 3 is 2.79 bits per heavy atom. The van der Waals surface area contributed by atoms with Gasteiger partial charge in [0.05, 0.1) is 6.20 Å². The molecule has 5 rings (SSSR count). The van der Waals surface area contributed by atoms with E-state index >= 15 is 0 Å². The number of furan rings is 1. The lowest BCUT2D eigenvalue weighted by molar-refractivity contribution is 0.0922. The van der Waals surface area contributed by atoms with Crippen LogP contribution in [0.15, 0.2) is 47.1 Å². The van der Waals surface area contributed by atoms with Gasteiger partial charge in [-0.15, -0.1) is 0 Å². The number of amides is 3. The van der Waals surface area contributed by atoms with Crippen molar-refractivity contribution in [1.82, 2.24) is 20.5 Å². The number of carbonyl (C=O) groups excluding carboxylic acids is 2. The fraction of sp³-hybridized carbons (Fsp3) is 0.400. The molecular weight excluding hydrogens is 440 g/mol. The average Bonchev–Trinajstić information content (AvgIpc) is 3.29. The minimum absolute atomic E-state index is 0.0357. The van der Waals surface area contributed by atoms with Gasteiger partial charge < -0.3 is 20.0 Å². The van der Waals surface area contributed by atoms with E-state index in [1.165, 1.54) is 0 Å². The number of benzene rings is 1. The van der Waals surface area contributed by atoms with Crippen LogP contribution in [0.4, 0.5) is 4.79 Å². The molecule has 1 unspecified atom stereocenters. The summed E-state index contributed by atoms with van der Waals surface area (Å²) in [6.45, 7) is 4.53. The van der Waals surface area contributed by atoms with Gasteiger partial charge in [0.2, 0.25) is 0 Å². The second kappa shape index (κ2) is 8.71. The maximum absolute atomic E-state index is 12.6. The molecule has 8 heteroatoms. The lowest BCUT2D eigenvalue weighted by Gasteiger charge is -2.33. The summed E-state index contributed by atoms with van der Waals surface area (Å²) >= 11 is 6.17. The fourth-order valence-electron chi connectivity index (χ4n) is 4.82. The number of halogens is 1. The predicted molar refractivity (Wildman–Crippen MR) is 126 cm³/mol. The Morgan fingerprint density at radius 1 is 1.21 bits per heavy atom. The number of aryl methyl sites for hydroxylation is 1. The second-order valence-electron chi connectivity index (χ2n) is 9.23. The number of hydrogen-bond acceptors (Lipinski definition) is 4. The van der Waals surface area contributed by atoms with Crippen LogP contribution >= 0.6 is 11.6 Å². The maximum Gasteiger partial charge on any atom is 0.317 e. The molecule has 2 aromatic heterocycles. The number of pyridine rings is 1. The Hall–Kier alpha value is -3.06. The van der Waals surface area contributed by atoms with E-state index in [9.17, 15) is 9.59 Å². The number of nitrogens with zero attached hydrogens (tertiary/aromatic N) is 2. The van der Waals surface area contributed by atoms with Crippen LogP contribution in [0.2, 0.25) is 5.02 Å². The van der Waals surface area contributed by atoms with Crippen LogP contribution < -0.4 is 10.6 Å². The monoisotopic (exact) mass is 466 g/mol. The minimum atomic E-state index is -0.193. The van der Waals surface area contributed by atoms with Crippen molar-refractivity contribution in [3.05, 3.63) is 64.6 Å². The molecule has 0 bridgehead atoms. The topological polar surface area (TPSA) is 87.5 Å². The molecule has 1 saturated carbocycles. The van der Waals surface area contributed by atoms with Gasteiger partial charge in [-0.2, -0.15) is 0 Å². The molecule has 1 saturated heterocycles. The highest BCUT2D eigenvalue weighted by Gasteiger charge is 2.54. The van der Waals surface area contributed by atoms with E-state index in [4.69, 9.17) is 16.0 Å². The highest BCUT2D eigenvalue weighted by atomic mass is 35.5. The molecule has 1 spiro atoms. The standard InChI is InChI=1S/C25H27ClN4O3/c1-16-2-3-17(10-20(16)26)13-29-24(32)30-8-5-25(6-9-30)12-19(25)14-28-23(31)21-11-18-4-7-27-15-22(18)33-21/h2-4,7,10-11,15,19H,5-6,8-9,12-14H2,1H3,(H,28,31)(H,29,32). The summed E-state index contributed by atoms with van der Waals surface area (Å²) < 4.78 is 5.59. The summed E-state index contributed by atoms with van der Waals surface area (Å²) in [5, 5.41) is 7.60. The Bertz CT molecular complexity index is 1170. The zero-order chi connectivity index (χ0) is 23.0. The van der Waals surface area contributed by atoms with Crippen LogP contribution in [-0.2, 0) is 6.54 Å². The molecule has 2 fully saturated rings. The van der Waals surface area contributed by atoms with Crippen molar-refractivity contribution >= 4 is 34.5 Å². The lowest BCUT2D eigenvalue weighted by Crippen LogP contribution is -2.45. The first kappa shape index (κ1) is 21.8. The number of fused-ring (bicyclic) bond motifs is 1.